The molecule has 1 unspecified atom stereocenters. The van der Waals surface area contributed by atoms with Crippen LogP contribution in [0.5, 0.6) is 0 Å². The summed E-state index contributed by atoms with van der Waals surface area (Å²) < 4.78 is 0.650. The van der Waals surface area contributed by atoms with Crippen molar-refractivity contribution in [2.45, 2.75) is 12.2 Å². The molecule has 0 aliphatic carbocycles. The molecule has 1 aromatic heterocycles. The van der Waals surface area contributed by atoms with Crippen LogP contribution in [0.4, 0.5) is 0 Å². The van der Waals surface area contributed by atoms with Crippen LogP contribution >= 0.6 is 12.6 Å². The topological polar surface area (TPSA) is 42.2 Å². The maximum Gasteiger partial charge on any atom is 0.283 e. The van der Waals surface area contributed by atoms with Crippen LogP contribution in [0.15, 0.2) is 47.3 Å². The molecule has 0 spiro atoms. The molecule has 1 atom stereocenters. The van der Waals surface area contributed by atoms with Gasteiger partial charge in [0.2, 0.25) is 0 Å². The third kappa shape index (κ3) is 2.36. The third-order valence-electron chi connectivity index (χ3n) is 2.58. The number of benzene rings is 1. The monoisotopic (exact) mass is 247 g/mol. The number of aryl methyl sites for hydroxylation is 1. The zero-order chi connectivity index (χ0) is 12.4. The summed E-state index contributed by atoms with van der Waals surface area (Å²) in [6.45, 7) is 1.82. The second kappa shape index (κ2) is 4.67. The predicted octanol–water partition coefficient (Wildman–Crippen LogP) is 2.41. The molecule has 0 aliphatic rings. The molecule has 1 heterocycles. The number of thiol groups is 1. The first-order valence-electron chi connectivity index (χ1n) is 5.25. The molecule has 3 nitrogen and oxygen atoms in total. The quantitative estimate of drug-likeness (QED) is 0.632. The van der Waals surface area contributed by atoms with Gasteiger partial charge in [0.05, 0.1) is 10.9 Å². The zero-order valence-electron chi connectivity index (χ0n) is 9.37. The largest absolute Gasteiger partial charge is 0.425 e. The van der Waals surface area contributed by atoms with E-state index in [0.29, 0.717) is 10.4 Å². The fourth-order valence-electron chi connectivity index (χ4n) is 1.72. The van der Waals surface area contributed by atoms with Gasteiger partial charge < -0.3 is 5.21 Å². The minimum atomic E-state index is -0.435. The molecule has 0 saturated carbocycles. The van der Waals surface area contributed by atoms with E-state index < -0.39 is 5.56 Å². The van der Waals surface area contributed by atoms with E-state index in [9.17, 15) is 10.0 Å². The first-order chi connectivity index (χ1) is 8.09. The molecular formula is C13H13NO2S. The lowest BCUT2D eigenvalue weighted by Crippen LogP contribution is -2.21. The van der Waals surface area contributed by atoms with Gasteiger partial charge in [-0.05, 0) is 24.1 Å². The van der Waals surface area contributed by atoms with E-state index in [2.05, 4.69) is 12.6 Å². The van der Waals surface area contributed by atoms with Crippen LogP contribution in [0.1, 0.15) is 22.1 Å². The molecule has 1 N–H and O–H groups in total. The van der Waals surface area contributed by atoms with Crippen molar-refractivity contribution >= 4 is 12.6 Å². The molecule has 0 aliphatic heterocycles. The second-order valence-electron chi connectivity index (χ2n) is 3.92. The van der Waals surface area contributed by atoms with Crippen molar-refractivity contribution < 1.29 is 5.21 Å². The summed E-state index contributed by atoms with van der Waals surface area (Å²) in [4.78, 5) is 11.5. The molecule has 88 valence electrons. The summed E-state index contributed by atoms with van der Waals surface area (Å²) in [6, 6.07) is 12.7. The van der Waals surface area contributed by atoms with E-state index in [-0.39, 0.29) is 5.25 Å². The van der Waals surface area contributed by atoms with Crippen molar-refractivity contribution in [3.05, 3.63) is 69.6 Å². The van der Waals surface area contributed by atoms with Crippen LogP contribution in [-0.2, 0) is 0 Å². The van der Waals surface area contributed by atoms with E-state index in [1.165, 1.54) is 6.07 Å². The van der Waals surface area contributed by atoms with Crippen LogP contribution in [0, 0.1) is 6.92 Å². The summed E-state index contributed by atoms with van der Waals surface area (Å²) in [5.74, 6) is 0. The van der Waals surface area contributed by atoms with E-state index >= 15 is 0 Å². The van der Waals surface area contributed by atoms with Gasteiger partial charge in [0, 0.05) is 6.07 Å². The first-order valence-corrected chi connectivity index (χ1v) is 5.77. The fraction of sp³-hybridized carbons (Fsp3) is 0.154. The summed E-state index contributed by atoms with van der Waals surface area (Å²) >= 11 is 4.45. The van der Waals surface area contributed by atoms with Gasteiger partial charge in [-0.15, -0.1) is 0 Å². The Balaban J connectivity index is 2.51. The second-order valence-corrected chi connectivity index (χ2v) is 4.44. The minimum Gasteiger partial charge on any atom is -0.425 e. The van der Waals surface area contributed by atoms with Crippen LogP contribution in [-0.4, -0.2) is 9.94 Å². The molecule has 17 heavy (non-hydrogen) atoms. The highest BCUT2D eigenvalue weighted by Crippen LogP contribution is 2.27. The highest BCUT2D eigenvalue weighted by Gasteiger charge is 2.14. The van der Waals surface area contributed by atoms with Crippen molar-refractivity contribution in [1.29, 1.82) is 0 Å². The molecular weight excluding hydrogens is 234 g/mol. The molecule has 0 fully saturated rings. The molecule has 1 aromatic carbocycles. The number of rotatable bonds is 2. The van der Waals surface area contributed by atoms with Crippen LogP contribution in [0.3, 0.4) is 0 Å². The molecule has 0 radical (unpaired) electrons. The minimum absolute atomic E-state index is 0.325. The van der Waals surface area contributed by atoms with E-state index in [1.54, 1.807) is 6.07 Å². The average Bonchev–Trinajstić information content (AvgIpc) is 2.34. The highest BCUT2D eigenvalue weighted by molar-refractivity contribution is 7.80. The first kappa shape index (κ1) is 11.8. The zero-order valence-corrected chi connectivity index (χ0v) is 10.3. The summed E-state index contributed by atoms with van der Waals surface area (Å²) in [6.07, 6.45) is 0. The molecule has 0 bridgehead atoms. The Bertz CT molecular complexity index is 578. The lowest BCUT2D eigenvalue weighted by Gasteiger charge is -2.14. The van der Waals surface area contributed by atoms with Gasteiger partial charge in [-0.2, -0.15) is 17.4 Å². The predicted molar refractivity (Wildman–Crippen MR) is 69.9 cm³/mol. The Kier molecular flexibility index (Phi) is 3.24. The molecule has 2 aromatic rings. The lowest BCUT2D eigenvalue weighted by molar-refractivity contribution is 0.166. The SMILES string of the molecule is Cc1cc(C(S)c2ccccc2)n(O)c(=O)c1. The Morgan fingerprint density at radius 3 is 2.53 bits per heavy atom. The van der Waals surface area contributed by atoms with E-state index in [0.717, 1.165) is 11.1 Å². The van der Waals surface area contributed by atoms with Gasteiger partial charge in [-0.3, -0.25) is 4.79 Å². The van der Waals surface area contributed by atoms with Crippen molar-refractivity contribution in [2.75, 3.05) is 0 Å². The maximum absolute atomic E-state index is 11.5. The Morgan fingerprint density at radius 1 is 1.24 bits per heavy atom. The van der Waals surface area contributed by atoms with Crippen LogP contribution in [0.2, 0.25) is 0 Å². The van der Waals surface area contributed by atoms with Gasteiger partial charge in [-0.25, -0.2) is 0 Å². The lowest BCUT2D eigenvalue weighted by atomic mass is 10.1. The number of aromatic nitrogens is 1. The van der Waals surface area contributed by atoms with Crippen LogP contribution < -0.4 is 5.56 Å². The standard InChI is InChI=1S/C13H13NO2S/c1-9-7-11(14(16)12(15)8-9)13(17)10-5-3-2-4-6-10/h2-8,13,16-17H,1H3. The van der Waals surface area contributed by atoms with Gasteiger partial charge in [-0.1, -0.05) is 30.3 Å². The summed E-state index contributed by atoms with van der Waals surface area (Å²) in [5, 5.41) is 9.38. The van der Waals surface area contributed by atoms with Crippen molar-refractivity contribution in [3.63, 3.8) is 0 Å². The number of hydrogen-bond acceptors (Lipinski definition) is 3. The number of nitrogens with zero attached hydrogens (tertiary/aromatic N) is 1. The molecule has 4 heteroatoms. The average molecular weight is 247 g/mol. The van der Waals surface area contributed by atoms with Gasteiger partial charge in [0.1, 0.15) is 0 Å². The molecule has 0 saturated heterocycles. The Morgan fingerprint density at radius 2 is 1.88 bits per heavy atom. The van der Waals surface area contributed by atoms with E-state index in [1.807, 2.05) is 37.3 Å². The van der Waals surface area contributed by atoms with Crippen molar-refractivity contribution in [2.24, 2.45) is 0 Å². The summed E-state index contributed by atoms with van der Waals surface area (Å²) in [5.41, 5.74) is 1.79. The molecule has 0 amide bonds. The number of pyridine rings is 1. The smallest absolute Gasteiger partial charge is 0.283 e. The van der Waals surface area contributed by atoms with Crippen LogP contribution in [0.25, 0.3) is 0 Å². The fourth-order valence-corrected chi connectivity index (χ4v) is 2.08. The highest BCUT2D eigenvalue weighted by atomic mass is 32.1. The van der Waals surface area contributed by atoms with Gasteiger partial charge >= 0.3 is 0 Å². The van der Waals surface area contributed by atoms with E-state index in [4.69, 9.17) is 0 Å². The Hall–Kier alpha value is -1.68. The van der Waals surface area contributed by atoms with Crippen molar-refractivity contribution in [1.82, 2.24) is 4.73 Å². The Labute approximate surface area is 105 Å². The summed E-state index contributed by atoms with van der Waals surface area (Å²) in [7, 11) is 0. The normalized spacial score (nSPS) is 12.4. The third-order valence-corrected chi connectivity index (χ3v) is 3.14. The van der Waals surface area contributed by atoms with Crippen molar-refractivity contribution in [3.8, 4) is 0 Å². The number of hydrogen-bond donors (Lipinski definition) is 2. The van der Waals surface area contributed by atoms with Gasteiger partial charge in [0.15, 0.2) is 0 Å². The molecule has 2 rings (SSSR count). The maximum atomic E-state index is 11.5. The van der Waals surface area contributed by atoms with Gasteiger partial charge in [0.25, 0.3) is 5.56 Å².